The summed E-state index contributed by atoms with van der Waals surface area (Å²) in [6.45, 7) is 6.46. The molecule has 0 spiro atoms. The number of ketones is 1. The fourth-order valence-corrected chi connectivity index (χ4v) is 3.23. The molecule has 18 heavy (non-hydrogen) atoms. The predicted octanol–water partition coefficient (Wildman–Crippen LogP) is 3.83. The maximum atomic E-state index is 12.5. The number of nitrogens with two attached hydrogens (primary N) is 1. The summed E-state index contributed by atoms with van der Waals surface area (Å²) in [7, 11) is 0. The first kappa shape index (κ1) is 13.1. The van der Waals surface area contributed by atoms with Crippen LogP contribution >= 0.6 is 0 Å². The minimum absolute atomic E-state index is 0.201. The van der Waals surface area contributed by atoms with Crippen LogP contribution in [-0.2, 0) is 0 Å². The van der Waals surface area contributed by atoms with Crippen molar-refractivity contribution in [1.82, 2.24) is 0 Å². The normalized spacial score (nSPS) is 28.1. The second kappa shape index (κ2) is 5.13. The van der Waals surface area contributed by atoms with Crippen molar-refractivity contribution in [3.8, 4) is 0 Å². The van der Waals surface area contributed by atoms with E-state index in [4.69, 9.17) is 5.73 Å². The molecule has 2 N–H and O–H groups in total. The maximum Gasteiger partial charge on any atom is 0.165 e. The molecule has 1 aromatic rings. The predicted molar refractivity (Wildman–Crippen MR) is 75.6 cm³/mol. The van der Waals surface area contributed by atoms with Crippen LogP contribution in [0.3, 0.4) is 0 Å². The summed E-state index contributed by atoms with van der Waals surface area (Å²) >= 11 is 0. The topological polar surface area (TPSA) is 43.1 Å². The number of anilines is 1. The van der Waals surface area contributed by atoms with Crippen molar-refractivity contribution in [3.05, 3.63) is 29.3 Å². The molecule has 2 nitrogen and oxygen atoms in total. The zero-order valence-corrected chi connectivity index (χ0v) is 11.6. The number of rotatable bonds is 2. The molecule has 1 aliphatic rings. The summed E-state index contributed by atoms with van der Waals surface area (Å²) in [5, 5.41) is 0. The molecule has 0 bridgehead atoms. The third-order valence-electron chi connectivity index (χ3n) is 4.10. The number of hydrogen-bond acceptors (Lipinski definition) is 2. The molecule has 98 valence electrons. The van der Waals surface area contributed by atoms with Crippen molar-refractivity contribution in [2.24, 2.45) is 17.8 Å². The van der Waals surface area contributed by atoms with Crippen LogP contribution in [0, 0.1) is 24.7 Å². The van der Waals surface area contributed by atoms with E-state index >= 15 is 0 Å². The van der Waals surface area contributed by atoms with Crippen LogP contribution in [0.4, 0.5) is 5.69 Å². The molecule has 0 amide bonds. The molecule has 2 rings (SSSR count). The molecule has 0 aliphatic heterocycles. The van der Waals surface area contributed by atoms with Gasteiger partial charge in [0.2, 0.25) is 0 Å². The standard InChI is InChI=1S/C16H23NO/c1-10-6-11(2)8-14(7-10)16(18)13-4-5-15(17)12(3)9-13/h4-5,9-11,14H,6-8,17H2,1-3H3. The average molecular weight is 245 g/mol. The highest BCUT2D eigenvalue weighted by molar-refractivity contribution is 5.98. The summed E-state index contributed by atoms with van der Waals surface area (Å²) in [4.78, 5) is 12.5. The van der Waals surface area contributed by atoms with Gasteiger partial charge in [0.25, 0.3) is 0 Å². The number of aryl methyl sites for hydroxylation is 1. The second-order valence-electron chi connectivity index (χ2n) is 6.05. The number of carbonyl (C=O) groups is 1. The van der Waals surface area contributed by atoms with Crippen LogP contribution < -0.4 is 5.73 Å². The van der Waals surface area contributed by atoms with Crippen molar-refractivity contribution >= 4 is 11.5 Å². The summed E-state index contributed by atoms with van der Waals surface area (Å²) in [5.74, 6) is 1.83. The van der Waals surface area contributed by atoms with E-state index in [0.29, 0.717) is 17.6 Å². The highest BCUT2D eigenvalue weighted by Crippen LogP contribution is 2.34. The first-order valence-corrected chi connectivity index (χ1v) is 6.87. The lowest BCUT2D eigenvalue weighted by atomic mass is 9.74. The van der Waals surface area contributed by atoms with Crippen LogP contribution in [0.2, 0.25) is 0 Å². The summed E-state index contributed by atoms with van der Waals surface area (Å²) in [5.41, 5.74) is 8.39. The van der Waals surface area contributed by atoms with Gasteiger partial charge in [0, 0.05) is 17.2 Å². The summed E-state index contributed by atoms with van der Waals surface area (Å²) in [6.07, 6.45) is 3.32. The molecule has 2 heteroatoms. The second-order valence-corrected chi connectivity index (χ2v) is 6.05. The fraction of sp³-hybridized carbons (Fsp3) is 0.562. The third-order valence-corrected chi connectivity index (χ3v) is 4.10. The minimum Gasteiger partial charge on any atom is -0.399 e. The zero-order valence-electron chi connectivity index (χ0n) is 11.6. The smallest absolute Gasteiger partial charge is 0.165 e. The minimum atomic E-state index is 0.201. The van der Waals surface area contributed by atoms with E-state index < -0.39 is 0 Å². The van der Waals surface area contributed by atoms with Gasteiger partial charge in [-0.05, 0) is 61.8 Å². The van der Waals surface area contributed by atoms with Crippen molar-refractivity contribution in [2.75, 3.05) is 5.73 Å². The van der Waals surface area contributed by atoms with Crippen LogP contribution in [0.25, 0.3) is 0 Å². The van der Waals surface area contributed by atoms with Gasteiger partial charge < -0.3 is 5.73 Å². The van der Waals surface area contributed by atoms with Gasteiger partial charge in [0.15, 0.2) is 5.78 Å². The van der Waals surface area contributed by atoms with E-state index in [1.807, 2.05) is 25.1 Å². The SMILES string of the molecule is Cc1cc(C(=O)C2CC(C)CC(C)C2)ccc1N. The highest BCUT2D eigenvalue weighted by Gasteiger charge is 2.29. The Balaban J connectivity index is 2.17. The van der Waals surface area contributed by atoms with Crippen LogP contribution in [-0.4, -0.2) is 5.78 Å². The Hall–Kier alpha value is -1.31. The highest BCUT2D eigenvalue weighted by atomic mass is 16.1. The fourth-order valence-electron chi connectivity index (χ4n) is 3.23. The zero-order chi connectivity index (χ0) is 13.3. The van der Waals surface area contributed by atoms with Gasteiger partial charge in [-0.1, -0.05) is 13.8 Å². The molecular weight excluding hydrogens is 222 g/mol. The molecule has 0 heterocycles. The Bertz CT molecular complexity index is 442. The first-order chi connectivity index (χ1) is 8.47. The van der Waals surface area contributed by atoms with E-state index in [9.17, 15) is 4.79 Å². The molecule has 0 saturated heterocycles. The van der Waals surface area contributed by atoms with Gasteiger partial charge in [-0.3, -0.25) is 4.79 Å². The lowest BCUT2D eigenvalue weighted by Gasteiger charge is -2.30. The van der Waals surface area contributed by atoms with E-state index in [1.54, 1.807) is 0 Å². The molecule has 1 aliphatic carbocycles. The lowest BCUT2D eigenvalue weighted by molar-refractivity contribution is 0.0836. The molecule has 1 saturated carbocycles. The number of Topliss-reactive ketones (excluding diaryl/α,β-unsaturated/α-hetero) is 1. The van der Waals surface area contributed by atoms with Crippen molar-refractivity contribution < 1.29 is 4.79 Å². The largest absolute Gasteiger partial charge is 0.399 e. The monoisotopic (exact) mass is 245 g/mol. The average Bonchev–Trinajstić information content (AvgIpc) is 2.30. The van der Waals surface area contributed by atoms with E-state index in [0.717, 1.165) is 29.7 Å². The van der Waals surface area contributed by atoms with Gasteiger partial charge in [0.05, 0.1) is 0 Å². The first-order valence-electron chi connectivity index (χ1n) is 6.87. The van der Waals surface area contributed by atoms with Crippen molar-refractivity contribution in [3.63, 3.8) is 0 Å². The quantitative estimate of drug-likeness (QED) is 0.635. The van der Waals surface area contributed by atoms with E-state index in [1.165, 1.54) is 6.42 Å². The van der Waals surface area contributed by atoms with Gasteiger partial charge >= 0.3 is 0 Å². The van der Waals surface area contributed by atoms with Gasteiger partial charge in [0.1, 0.15) is 0 Å². The molecule has 2 atom stereocenters. The van der Waals surface area contributed by atoms with Crippen LogP contribution in [0.1, 0.15) is 49.0 Å². The van der Waals surface area contributed by atoms with Crippen molar-refractivity contribution in [2.45, 2.75) is 40.0 Å². The molecular formula is C16H23NO. The molecule has 2 unspecified atom stereocenters. The summed E-state index contributed by atoms with van der Waals surface area (Å²) in [6, 6.07) is 5.65. The Labute approximate surface area is 110 Å². The van der Waals surface area contributed by atoms with Crippen LogP contribution in [0.15, 0.2) is 18.2 Å². The Morgan fingerprint density at radius 2 is 1.78 bits per heavy atom. The molecule has 1 aromatic carbocycles. The number of nitrogen functional groups attached to an aromatic ring is 1. The van der Waals surface area contributed by atoms with E-state index in [2.05, 4.69) is 13.8 Å². The number of hydrogen-bond donors (Lipinski definition) is 1. The summed E-state index contributed by atoms with van der Waals surface area (Å²) < 4.78 is 0. The number of benzene rings is 1. The third kappa shape index (κ3) is 2.74. The molecule has 0 radical (unpaired) electrons. The lowest BCUT2D eigenvalue weighted by Crippen LogP contribution is -2.26. The van der Waals surface area contributed by atoms with Gasteiger partial charge in [-0.2, -0.15) is 0 Å². The number of carbonyl (C=O) groups excluding carboxylic acids is 1. The van der Waals surface area contributed by atoms with Gasteiger partial charge in [-0.25, -0.2) is 0 Å². The van der Waals surface area contributed by atoms with Crippen LogP contribution in [0.5, 0.6) is 0 Å². The molecule has 0 aromatic heterocycles. The van der Waals surface area contributed by atoms with E-state index in [-0.39, 0.29) is 5.92 Å². The Morgan fingerprint density at radius 3 is 2.33 bits per heavy atom. The Morgan fingerprint density at radius 1 is 1.17 bits per heavy atom. The maximum absolute atomic E-state index is 12.5. The molecule has 1 fully saturated rings. The Kier molecular flexibility index (Phi) is 3.74. The van der Waals surface area contributed by atoms with Gasteiger partial charge in [-0.15, -0.1) is 0 Å². The van der Waals surface area contributed by atoms with Crippen molar-refractivity contribution in [1.29, 1.82) is 0 Å².